The van der Waals surface area contributed by atoms with Gasteiger partial charge in [0.15, 0.2) is 0 Å². The Morgan fingerprint density at radius 2 is 1.50 bits per heavy atom. The monoisotopic (exact) mass is 544 g/mol. The van der Waals surface area contributed by atoms with Crippen molar-refractivity contribution in [1.29, 1.82) is 0 Å². The Morgan fingerprint density at radius 3 is 2.20 bits per heavy atom. The molecule has 6 nitrogen and oxygen atoms in total. The number of amides is 2. The van der Waals surface area contributed by atoms with E-state index in [9.17, 15) is 14.0 Å². The van der Waals surface area contributed by atoms with Gasteiger partial charge in [0.05, 0.1) is 33.2 Å². The third kappa shape index (κ3) is 3.02. The van der Waals surface area contributed by atoms with E-state index in [2.05, 4.69) is 10.4 Å². The summed E-state index contributed by atoms with van der Waals surface area (Å²) in [4.78, 5) is 34.3. The first-order valence-corrected chi connectivity index (χ1v) is 13.9. The lowest BCUT2D eigenvalue weighted by atomic mass is 9.47. The number of anilines is 2. The predicted octanol–water partition coefficient (Wildman–Crippen LogP) is 6.08. The van der Waals surface area contributed by atoms with Crippen LogP contribution in [-0.4, -0.2) is 23.0 Å². The maximum atomic E-state index is 14.3. The number of thiazole rings is 1. The molecule has 5 aromatic rings. The fourth-order valence-corrected chi connectivity index (χ4v) is 7.82. The Bertz CT molecular complexity index is 1800. The molecule has 8 heteroatoms. The van der Waals surface area contributed by atoms with Crippen molar-refractivity contribution in [3.63, 3.8) is 0 Å². The molecule has 2 unspecified atom stereocenters. The maximum Gasteiger partial charge on any atom is 0.239 e. The lowest BCUT2D eigenvalue weighted by Gasteiger charge is -2.52. The minimum atomic E-state index is -0.988. The molecule has 1 aliphatic heterocycles. The number of fused-ring (bicyclic) bond motifs is 1. The number of benzene rings is 4. The van der Waals surface area contributed by atoms with Crippen LogP contribution in [0, 0.1) is 17.7 Å². The highest BCUT2D eigenvalue weighted by atomic mass is 32.1. The number of carbonyl (C=O) groups excluding carboxylic acids is 2. The zero-order chi connectivity index (χ0) is 27.0. The third-order valence-corrected chi connectivity index (χ3v) is 9.43. The van der Waals surface area contributed by atoms with Crippen LogP contribution in [0.2, 0.25) is 0 Å². The van der Waals surface area contributed by atoms with Crippen LogP contribution in [0.3, 0.4) is 0 Å². The molecule has 1 fully saturated rings. The summed E-state index contributed by atoms with van der Waals surface area (Å²) in [6, 6.07) is 29.4. The number of para-hydroxylation sites is 1. The first kappa shape index (κ1) is 23.2. The normalized spacial score (nSPS) is 24.4. The van der Waals surface area contributed by atoms with E-state index in [0.717, 1.165) is 32.5 Å². The molecular weight excluding hydrogens is 523 g/mol. The lowest BCUT2D eigenvalue weighted by molar-refractivity contribution is -0.122. The molecule has 1 N–H and O–H groups in total. The second-order valence-corrected chi connectivity index (χ2v) is 11.4. The summed E-state index contributed by atoms with van der Waals surface area (Å²) in [5, 5.41) is 5.33. The highest BCUT2D eigenvalue weighted by Crippen LogP contribution is 2.63. The number of aromatic nitrogens is 1. The van der Waals surface area contributed by atoms with Gasteiger partial charge >= 0.3 is 0 Å². The van der Waals surface area contributed by atoms with Gasteiger partial charge in [0.2, 0.25) is 16.9 Å². The van der Waals surface area contributed by atoms with Gasteiger partial charge in [-0.2, -0.15) is 5.10 Å². The van der Waals surface area contributed by atoms with Crippen LogP contribution in [0.5, 0.6) is 0 Å². The zero-order valence-electron chi connectivity index (χ0n) is 21.0. The molecule has 194 valence electrons. The van der Waals surface area contributed by atoms with Crippen LogP contribution < -0.4 is 10.3 Å². The number of halogens is 1. The van der Waals surface area contributed by atoms with E-state index in [-0.39, 0.29) is 17.7 Å². The van der Waals surface area contributed by atoms with E-state index in [0.29, 0.717) is 10.8 Å². The number of hydrazone groups is 1. The molecule has 2 atom stereocenters. The first-order chi connectivity index (χ1) is 19.6. The van der Waals surface area contributed by atoms with Crippen molar-refractivity contribution in [3.05, 3.63) is 125 Å². The van der Waals surface area contributed by atoms with Crippen molar-refractivity contribution in [1.82, 2.24) is 4.98 Å². The summed E-state index contributed by atoms with van der Waals surface area (Å²) in [5.41, 5.74) is 7.35. The van der Waals surface area contributed by atoms with Crippen molar-refractivity contribution in [2.75, 3.05) is 10.3 Å². The van der Waals surface area contributed by atoms with Crippen LogP contribution in [0.4, 0.5) is 15.2 Å². The summed E-state index contributed by atoms with van der Waals surface area (Å²) in [6.07, 6.45) is 1.79. The quantitative estimate of drug-likeness (QED) is 0.169. The van der Waals surface area contributed by atoms with E-state index in [1.807, 2.05) is 72.8 Å². The Hall–Kier alpha value is -4.69. The van der Waals surface area contributed by atoms with E-state index in [1.54, 1.807) is 6.21 Å². The average molecular weight is 545 g/mol. The van der Waals surface area contributed by atoms with Crippen molar-refractivity contribution >= 4 is 50.4 Å². The molecular formula is C32H21FN4O2S. The van der Waals surface area contributed by atoms with Gasteiger partial charge < -0.3 is 0 Å². The molecule has 2 heterocycles. The largest absolute Gasteiger partial charge is 0.274 e. The molecule has 1 saturated heterocycles. The van der Waals surface area contributed by atoms with Crippen molar-refractivity contribution < 1.29 is 14.0 Å². The third-order valence-electron chi connectivity index (χ3n) is 8.49. The van der Waals surface area contributed by atoms with Gasteiger partial charge in [-0.1, -0.05) is 72.0 Å². The summed E-state index contributed by atoms with van der Waals surface area (Å²) in [7, 11) is 0. The minimum Gasteiger partial charge on any atom is -0.274 e. The van der Waals surface area contributed by atoms with Crippen LogP contribution in [0.15, 0.2) is 102 Å². The molecule has 4 aliphatic rings. The van der Waals surface area contributed by atoms with E-state index in [4.69, 9.17) is 5.10 Å². The number of carbonyl (C=O) groups is 2. The Labute approximate surface area is 232 Å². The highest BCUT2D eigenvalue weighted by molar-refractivity contribution is 7.22. The molecule has 1 aromatic heterocycles. The zero-order valence-corrected chi connectivity index (χ0v) is 21.8. The Morgan fingerprint density at radius 1 is 0.850 bits per heavy atom. The molecule has 2 amide bonds. The smallest absolute Gasteiger partial charge is 0.239 e. The molecule has 3 aliphatic carbocycles. The molecule has 2 bridgehead atoms. The topological polar surface area (TPSA) is 74.7 Å². The first-order valence-electron chi connectivity index (χ1n) is 13.1. The van der Waals surface area contributed by atoms with E-state index >= 15 is 0 Å². The minimum absolute atomic E-state index is 0.271. The number of nitrogens with zero attached hydrogens (tertiary/aromatic N) is 3. The molecule has 40 heavy (non-hydrogen) atoms. The SMILES string of the molecule is O=C1C2C3c4ccccc4C(/C=N/Nc4nc5ccccc5s4)(c4ccccc43)C2C(=O)N1c1ccc(F)cc1. The Kier molecular flexibility index (Phi) is 4.88. The number of hydrogen-bond donors (Lipinski definition) is 1. The van der Waals surface area contributed by atoms with Crippen molar-refractivity contribution in [2.45, 2.75) is 11.3 Å². The Balaban J connectivity index is 1.32. The standard InChI is InChI=1S/C32H21FN4O2S/c33-18-13-15-19(16-14-18)37-29(38)27-26-20-7-1-3-9-22(20)32(28(27)30(37)39,23-10-4-2-8-21(23)26)17-34-36-31-35-24-11-5-6-12-25(24)40-31/h1-17,26-28H,(H,35,36)/b34-17+. The van der Waals surface area contributed by atoms with Gasteiger partial charge in [-0.05, 0) is 58.7 Å². The number of hydrogen-bond acceptors (Lipinski definition) is 6. The van der Waals surface area contributed by atoms with Crippen LogP contribution in [-0.2, 0) is 15.0 Å². The van der Waals surface area contributed by atoms with Crippen LogP contribution in [0.25, 0.3) is 10.2 Å². The molecule has 4 aromatic carbocycles. The fraction of sp³-hybridized carbons (Fsp3) is 0.125. The lowest BCUT2D eigenvalue weighted by Crippen LogP contribution is -2.54. The second-order valence-electron chi connectivity index (χ2n) is 10.4. The number of rotatable bonds is 4. The molecule has 0 radical (unpaired) electrons. The van der Waals surface area contributed by atoms with Gasteiger partial charge in [0.25, 0.3) is 0 Å². The summed E-state index contributed by atoms with van der Waals surface area (Å²) >= 11 is 1.49. The van der Waals surface area contributed by atoms with Crippen molar-refractivity contribution in [3.8, 4) is 0 Å². The van der Waals surface area contributed by atoms with E-state index in [1.165, 1.54) is 40.5 Å². The van der Waals surface area contributed by atoms with E-state index < -0.39 is 23.1 Å². The summed E-state index contributed by atoms with van der Waals surface area (Å²) < 4.78 is 14.8. The van der Waals surface area contributed by atoms with Gasteiger partial charge in [-0.15, -0.1) is 0 Å². The molecule has 0 spiro atoms. The summed E-state index contributed by atoms with van der Waals surface area (Å²) in [6.45, 7) is 0. The van der Waals surface area contributed by atoms with Gasteiger partial charge in [0, 0.05) is 12.1 Å². The number of nitrogens with one attached hydrogen (secondary N) is 1. The average Bonchev–Trinajstić information content (AvgIpc) is 3.52. The van der Waals surface area contributed by atoms with Crippen LogP contribution >= 0.6 is 11.3 Å². The van der Waals surface area contributed by atoms with Crippen LogP contribution in [0.1, 0.15) is 28.2 Å². The second kappa shape index (κ2) is 8.40. The fourth-order valence-electron chi connectivity index (χ4n) is 7.00. The molecule has 0 saturated carbocycles. The van der Waals surface area contributed by atoms with Gasteiger partial charge in [-0.25, -0.2) is 14.3 Å². The molecule has 9 rings (SSSR count). The van der Waals surface area contributed by atoms with Gasteiger partial charge in [0.1, 0.15) is 5.82 Å². The van der Waals surface area contributed by atoms with Gasteiger partial charge in [-0.3, -0.25) is 15.0 Å². The van der Waals surface area contributed by atoms with Crippen molar-refractivity contribution in [2.24, 2.45) is 16.9 Å². The predicted molar refractivity (Wildman–Crippen MR) is 153 cm³/mol. The number of imide groups is 1. The highest BCUT2D eigenvalue weighted by Gasteiger charge is 2.68. The maximum absolute atomic E-state index is 14.3. The summed E-state index contributed by atoms with van der Waals surface area (Å²) in [5.74, 6) is -2.59.